The highest BCUT2D eigenvalue weighted by Gasteiger charge is 2.45. The Kier molecular flexibility index (Phi) is 7.53. The SMILES string of the molecule is Cc1nc2ccccc2n1C1CC2CCC(C1)N2CCC1(c2ccccc2)CC[N+](=C(O)C2CCS(=O)CC2)CC1. The summed E-state index contributed by atoms with van der Waals surface area (Å²) in [6, 6.07) is 21.7. The van der Waals surface area contributed by atoms with Gasteiger partial charge in [-0.2, -0.15) is 0 Å². The number of aliphatic hydroxyl groups excluding tert-OH is 1. The Morgan fingerprint density at radius 1 is 0.951 bits per heavy atom. The minimum absolute atomic E-state index is 0.152. The Morgan fingerprint density at radius 3 is 2.32 bits per heavy atom. The molecule has 218 valence electrons. The molecule has 4 fully saturated rings. The summed E-state index contributed by atoms with van der Waals surface area (Å²) in [5.74, 6) is 3.36. The highest BCUT2D eigenvalue weighted by molar-refractivity contribution is 7.85. The van der Waals surface area contributed by atoms with Crippen molar-refractivity contribution in [3.8, 4) is 0 Å². The average molecular weight is 574 g/mol. The third kappa shape index (κ3) is 5.18. The van der Waals surface area contributed by atoms with E-state index in [1.165, 1.54) is 43.2 Å². The fourth-order valence-electron chi connectivity index (χ4n) is 8.74. The molecule has 4 aliphatic heterocycles. The Morgan fingerprint density at radius 2 is 1.61 bits per heavy atom. The molecule has 0 saturated carbocycles. The molecule has 4 saturated heterocycles. The first-order valence-corrected chi connectivity index (χ1v) is 17.4. The predicted molar refractivity (Wildman–Crippen MR) is 166 cm³/mol. The van der Waals surface area contributed by atoms with Gasteiger partial charge in [0.05, 0.1) is 17.0 Å². The van der Waals surface area contributed by atoms with Gasteiger partial charge in [0, 0.05) is 58.7 Å². The van der Waals surface area contributed by atoms with Gasteiger partial charge in [-0.15, -0.1) is 0 Å². The van der Waals surface area contributed by atoms with E-state index < -0.39 is 10.8 Å². The fourth-order valence-corrected chi connectivity index (χ4v) is 10.0. The van der Waals surface area contributed by atoms with Gasteiger partial charge in [-0.3, -0.25) is 9.11 Å². The minimum atomic E-state index is -0.697. The molecular weight excluding hydrogens is 528 g/mol. The van der Waals surface area contributed by atoms with Gasteiger partial charge in [0.15, 0.2) is 0 Å². The van der Waals surface area contributed by atoms with Crippen LogP contribution in [0.5, 0.6) is 0 Å². The van der Waals surface area contributed by atoms with E-state index in [0.717, 1.165) is 68.2 Å². The van der Waals surface area contributed by atoms with Crippen molar-refractivity contribution in [1.29, 1.82) is 0 Å². The van der Waals surface area contributed by atoms with Gasteiger partial charge in [0.2, 0.25) is 0 Å². The largest absolute Gasteiger partial charge is 0.463 e. The lowest BCUT2D eigenvalue weighted by molar-refractivity contribution is -0.552. The number of hydrogen-bond acceptors (Lipinski definition) is 3. The van der Waals surface area contributed by atoms with Crippen LogP contribution in [0.25, 0.3) is 11.0 Å². The molecule has 2 atom stereocenters. The first-order chi connectivity index (χ1) is 20.0. The molecule has 7 heteroatoms. The van der Waals surface area contributed by atoms with Gasteiger partial charge >= 0.3 is 5.90 Å². The van der Waals surface area contributed by atoms with Crippen LogP contribution in [-0.2, 0) is 16.2 Å². The molecule has 1 aromatic heterocycles. The first kappa shape index (κ1) is 27.3. The number of rotatable bonds is 6. The number of imidazole rings is 1. The van der Waals surface area contributed by atoms with Crippen LogP contribution in [0.1, 0.15) is 75.2 Å². The van der Waals surface area contributed by atoms with Crippen molar-refractivity contribution in [1.82, 2.24) is 14.5 Å². The maximum Gasteiger partial charge on any atom is 0.337 e. The van der Waals surface area contributed by atoms with Crippen molar-refractivity contribution in [2.75, 3.05) is 31.1 Å². The van der Waals surface area contributed by atoms with Crippen molar-refractivity contribution >= 4 is 27.7 Å². The topological polar surface area (TPSA) is 61.4 Å². The summed E-state index contributed by atoms with van der Waals surface area (Å²) in [6.07, 6.45) is 10.1. The molecule has 2 bridgehead atoms. The second-order valence-corrected chi connectivity index (χ2v) is 14.8. The maximum absolute atomic E-state index is 11.8. The second-order valence-electron chi connectivity index (χ2n) is 13.1. The Balaban J connectivity index is 1.06. The van der Waals surface area contributed by atoms with Gasteiger partial charge in [0.25, 0.3) is 0 Å². The fraction of sp³-hybridized carbons (Fsp3) is 0.588. The lowest BCUT2D eigenvalue weighted by atomic mass is 9.70. The first-order valence-electron chi connectivity index (χ1n) is 15.9. The van der Waals surface area contributed by atoms with Crippen LogP contribution in [-0.4, -0.2) is 77.5 Å². The average Bonchev–Trinajstić information content (AvgIpc) is 3.47. The third-order valence-corrected chi connectivity index (χ3v) is 12.4. The van der Waals surface area contributed by atoms with E-state index in [9.17, 15) is 9.32 Å². The lowest BCUT2D eigenvalue weighted by Gasteiger charge is -2.43. The maximum atomic E-state index is 11.8. The zero-order valence-corrected chi connectivity index (χ0v) is 25.3. The predicted octanol–water partition coefficient (Wildman–Crippen LogP) is 5.76. The normalized spacial score (nSPS) is 32.4. The van der Waals surface area contributed by atoms with Crippen LogP contribution in [0.4, 0.5) is 0 Å². The quantitative estimate of drug-likeness (QED) is 0.301. The van der Waals surface area contributed by atoms with E-state index in [1.54, 1.807) is 0 Å². The Bertz CT molecular complexity index is 1420. The molecule has 0 aliphatic carbocycles. The smallest absolute Gasteiger partial charge is 0.337 e. The summed E-state index contributed by atoms with van der Waals surface area (Å²) in [6.45, 7) is 5.14. The zero-order chi connectivity index (χ0) is 28.0. The van der Waals surface area contributed by atoms with Gasteiger partial charge < -0.3 is 9.67 Å². The molecule has 41 heavy (non-hydrogen) atoms. The van der Waals surface area contributed by atoms with Crippen LogP contribution in [0.3, 0.4) is 0 Å². The molecule has 4 aliphatic rings. The van der Waals surface area contributed by atoms with Crippen molar-refractivity contribution in [2.24, 2.45) is 5.92 Å². The number of fused-ring (bicyclic) bond motifs is 3. The molecule has 2 aromatic carbocycles. The lowest BCUT2D eigenvalue weighted by Crippen LogP contribution is -2.48. The Labute approximate surface area is 246 Å². The van der Waals surface area contributed by atoms with Gasteiger partial charge in [-0.05, 0) is 76.1 Å². The summed E-state index contributed by atoms with van der Waals surface area (Å²) < 4.78 is 16.6. The van der Waals surface area contributed by atoms with Gasteiger partial charge in [0.1, 0.15) is 18.9 Å². The summed E-state index contributed by atoms with van der Waals surface area (Å²) in [5.41, 5.74) is 4.03. The van der Waals surface area contributed by atoms with Gasteiger partial charge in [-0.1, -0.05) is 42.5 Å². The highest BCUT2D eigenvalue weighted by Crippen LogP contribution is 2.45. The summed E-state index contributed by atoms with van der Waals surface area (Å²) >= 11 is 0. The van der Waals surface area contributed by atoms with E-state index in [2.05, 4.69) is 75.6 Å². The monoisotopic (exact) mass is 573 g/mol. The molecule has 0 spiro atoms. The van der Waals surface area contributed by atoms with Gasteiger partial charge in [-0.25, -0.2) is 9.56 Å². The number of benzene rings is 2. The molecule has 1 N–H and O–H groups in total. The van der Waals surface area contributed by atoms with Crippen LogP contribution in [0.2, 0.25) is 0 Å². The van der Waals surface area contributed by atoms with E-state index in [0.29, 0.717) is 24.0 Å². The molecule has 3 aromatic rings. The Hall–Kier alpha value is -2.51. The number of piperidine rings is 2. The van der Waals surface area contributed by atoms with Crippen molar-refractivity contribution < 1.29 is 13.9 Å². The van der Waals surface area contributed by atoms with E-state index in [1.807, 2.05) is 0 Å². The molecule has 0 amide bonds. The number of aryl methyl sites for hydroxylation is 1. The summed E-state index contributed by atoms with van der Waals surface area (Å²) in [7, 11) is -0.697. The van der Waals surface area contributed by atoms with Crippen LogP contribution < -0.4 is 0 Å². The molecule has 7 rings (SSSR count). The third-order valence-electron chi connectivity index (χ3n) is 11.0. The van der Waals surface area contributed by atoms with E-state index in [-0.39, 0.29) is 11.3 Å². The molecule has 0 radical (unpaired) electrons. The number of nitrogens with zero attached hydrogens (tertiary/aromatic N) is 4. The van der Waals surface area contributed by atoms with E-state index in [4.69, 9.17) is 4.98 Å². The number of hydrogen-bond donors (Lipinski definition) is 1. The van der Waals surface area contributed by atoms with Crippen LogP contribution in [0.15, 0.2) is 54.6 Å². The molecule has 2 unspecified atom stereocenters. The zero-order valence-electron chi connectivity index (χ0n) is 24.5. The molecule has 6 nitrogen and oxygen atoms in total. The van der Waals surface area contributed by atoms with Crippen molar-refractivity contribution in [2.45, 2.75) is 88.3 Å². The minimum Gasteiger partial charge on any atom is -0.463 e. The van der Waals surface area contributed by atoms with E-state index >= 15 is 0 Å². The van der Waals surface area contributed by atoms with Crippen molar-refractivity contribution in [3.63, 3.8) is 0 Å². The number of aliphatic hydroxyl groups is 1. The summed E-state index contributed by atoms with van der Waals surface area (Å²) in [4.78, 5) is 7.75. The number of para-hydroxylation sites is 2. The summed E-state index contributed by atoms with van der Waals surface area (Å²) in [5, 5.41) is 11.2. The number of aromatic nitrogens is 2. The second kappa shape index (κ2) is 11.3. The molecular formula is C34H45N4O2S+. The standard InChI is InChI=1S/C34H44N4O2S/c1-25-35-31-9-5-6-10-32(31)38(25)30-23-28-11-12-29(24-30)37(28)20-17-34(27-7-3-2-4-8-27)15-18-36(19-16-34)33(39)26-13-21-41(40)22-14-26/h2-10,26,28-30H,11-24H2,1H3/p+1. The highest BCUT2D eigenvalue weighted by atomic mass is 32.2. The van der Waals surface area contributed by atoms with Crippen molar-refractivity contribution in [3.05, 3.63) is 66.0 Å². The van der Waals surface area contributed by atoms with Crippen LogP contribution in [0, 0.1) is 12.8 Å². The molecule has 5 heterocycles. The van der Waals surface area contributed by atoms with Crippen LogP contribution >= 0.6 is 0 Å².